The van der Waals surface area contributed by atoms with Crippen molar-refractivity contribution in [2.45, 2.75) is 12.6 Å². The Morgan fingerprint density at radius 3 is 2.48 bits per heavy atom. The molecule has 1 heterocycles. The molecule has 21 heavy (non-hydrogen) atoms. The lowest BCUT2D eigenvalue weighted by Gasteiger charge is -2.12. The van der Waals surface area contributed by atoms with Crippen LogP contribution in [0, 0.1) is 11.3 Å². The number of rotatable bonds is 3. The van der Waals surface area contributed by atoms with Gasteiger partial charge in [0.15, 0.2) is 0 Å². The highest BCUT2D eigenvalue weighted by molar-refractivity contribution is 5.72. The molecule has 0 aliphatic rings. The maximum absolute atomic E-state index is 12.6. The van der Waals surface area contributed by atoms with Gasteiger partial charge in [0.05, 0.1) is 30.1 Å². The number of nitrogen functional groups attached to an aromatic ring is 1. The van der Waals surface area contributed by atoms with Gasteiger partial charge in [-0.3, -0.25) is 0 Å². The first-order valence-electron chi connectivity index (χ1n) is 5.96. The standard InChI is InChI=1S/C14H11F3N4/c15-14(16,17)13-7-12(11(19)8-20-13)21-10-3-1-9(2-4-10)5-6-18/h1-4,7-8H,5,19H2,(H,20,21). The van der Waals surface area contributed by atoms with Crippen molar-refractivity contribution >= 4 is 17.1 Å². The fourth-order valence-corrected chi connectivity index (χ4v) is 1.68. The summed E-state index contributed by atoms with van der Waals surface area (Å²) in [5, 5.41) is 11.4. The third-order valence-electron chi connectivity index (χ3n) is 2.74. The van der Waals surface area contributed by atoms with E-state index in [0.29, 0.717) is 5.69 Å². The largest absolute Gasteiger partial charge is 0.433 e. The highest BCUT2D eigenvalue weighted by atomic mass is 19.4. The van der Waals surface area contributed by atoms with Crippen LogP contribution in [0.25, 0.3) is 0 Å². The van der Waals surface area contributed by atoms with E-state index in [4.69, 9.17) is 11.0 Å². The maximum Gasteiger partial charge on any atom is 0.433 e. The van der Waals surface area contributed by atoms with Gasteiger partial charge < -0.3 is 11.1 Å². The van der Waals surface area contributed by atoms with Crippen LogP contribution >= 0.6 is 0 Å². The molecule has 0 aliphatic heterocycles. The number of nitrogens with two attached hydrogens (primary N) is 1. The average Bonchev–Trinajstić information content (AvgIpc) is 2.42. The van der Waals surface area contributed by atoms with Crippen LogP contribution in [0.5, 0.6) is 0 Å². The van der Waals surface area contributed by atoms with Crippen molar-refractivity contribution < 1.29 is 13.2 Å². The van der Waals surface area contributed by atoms with Gasteiger partial charge in [0.25, 0.3) is 0 Å². The van der Waals surface area contributed by atoms with Crippen LogP contribution in [0.2, 0.25) is 0 Å². The van der Waals surface area contributed by atoms with Crippen LogP contribution in [0.1, 0.15) is 11.3 Å². The lowest BCUT2D eigenvalue weighted by molar-refractivity contribution is -0.141. The number of hydrogen-bond donors (Lipinski definition) is 2. The number of hydrogen-bond acceptors (Lipinski definition) is 4. The zero-order valence-corrected chi connectivity index (χ0v) is 10.8. The first kappa shape index (κ1) is 14.7. The third kappa shape index (κ3) is 3.63. The van der Waals surface area contributed by atoms with Gasteiger partial charge in [0, 0.05) is 5.69 Å². The van der Waals surface area contributed by atoms with Crippen molar-refractivity contribution in [3.63, 3.8) is 0 Å². The topological polar surface area (TPSA) is 74.7 Å². The van der Waals surface area contributed by atoms with Gasteiger partial charge in [-0.2, -0.15) is 18.4 Å². The van der Waals surface area contributed by atoms with Crippen molar-refractivity contribution in [2.24, 2.45) is 0 Å². The van der Waals surface area contributed by atoms with Crippen molar-refractivity contribution in [3.05, 3.63) is 47.8 Å². The van der Waals surface area contributed by atoms with E-state index in [1.807, 2.05) is 6.07 Å². The summed E-state index contributed by atoms with van der Waals surface area (Å²) >= 11 is 0. The molecule has 0 unspecified atom stereocenters. The minimum Gasteiger partial charge on any atom is -0.396 e. The van der Waals surface area contributed by atoms with Gasteiger partial charge in [-0.1, -0.05) is 12.1 Å². The Bertz CT molecular complexity index is 672. The van der Waals surface area contributed by atoms with Crippen LogP contribution < -0.4 is 11.1 Å². The summed E-state index contributed by atoms with van der Waals surface area (Å²) in [5.74, 6) is 0. The first-order valence-corrected chi connectivity index (χ1v) is 5.96. The average molecular weight is 292 g/mol. The Kier molecular flexibility index (Phi) is 3.98. The predicted octanol–water partition coefficient (Wildman–Crippen LogP) is 3.49. The summed E-state index contributed by atoms with van der Waals surface area (Å²) in [7, 11) is 0. The molecule has 0 amide bonds. The van der Waals surface area contributed by atoms with Gasteiger partial charge in [-0.25, -0.2) is 4.98 Å². The lowest BCUT2D eigenvalue weighted by atomic mass is 10.1. The zero-order chi connectivity index (χ0) is 15.5. The summed E-state index contributed by atoms with van der Waals surface area (Å²) in [6.07, 6.45) is -3.29. The Labute approximate surface area is 119 Å². The van der Waals surface area contributed by atoms with E-state index >= 15 is 0 Å². The molecule has 0 spiro atoms. The fourth-order valence-electron chi connectivity index (χ4n) is 1.68. The second kappa shape index (κ2) is 5.71. The van der Waals surface area contributed by atoms with Crippen molar-refractivity contribution in [3.8, 4) is 6.07 Å². The monoisotopic (exact) mass is 292 g/mol. The normalized spacial score (nSPS) is 11.0. The first-order chi connectivity index (χ1) is 9.90. The summed E-state index contributed by atoms with van der Waals surface area (Å²) in [6, 6.07) is 9.64. The predicted molar refractivity (Wildman–Crippen MR) is 72.7 cm³/mol. The van der Waals surface area contributed by atoms with E-state index in [1.54, 1.807) is 24.3 Å². The molecule has 0 aliphatic carbocycles. The summed E-state index contributed by atoms with van der Waals surface area (Å²) in [4.78, 5) is 3.26. The Morgan fingerprint density at radius 2 is 1.90 bits per heavy atom. The molecule has 0 atom stereocenters. The molecule has 7 heteroatoms. The second-order valence-corrected chi connectivity index (χ2v) is 4.31. The van der Waals surface area contributed by atoms with Crippen molar-refractivity contribution in [1.82, 2.24) is 4.98 Å². The van der Waals surface area contributed by atoms with E-state index < -0.39 is 11.9 Å². The molecule has 1 aromatic heterocycles. The van der Waals surface area contributed by atoms with Crippen LogP contribution in [-0.4, -0.2) is 4.98 Å². The van der Waals surface area contributed by atoms with Gasteiger partial charge in [0.1, 0.15) is 5.69 Å². The number of nitrogens with one attached hydrogen (secondary N) is 1. The molecule has 2 aromatic rings. The van der Waals surface area contributed by atoms with E-state index in [9.17, 15) is 13.2 Å². The molecular formula is C14H11F3N4. The Hall–Kier alpha value is -2.75. The number of pyridine rings is 1. The number of benzene rings is 1. The highest BCUT2D eigenvalue weighted by Gasteiger charge is 2.32. The van der Waals surface area contributed by atoms with Gasteiger partial charge in [0.2, 0.25) is 0 Å². The van der Waals surface area contributed by atoms with Crippen molar-refractivity contribution in [1.29, 1.82) is 5.26 Å². The van der Waals surface area contributed by atoms with Gasteiger partial charge in [-0.05, 0) is 23.8 Å². The molecular weight excluding hydrogens is 281 g/mol. The minimum absolute atomic E-state index is 0.115. The van der Waals surface area contributed by atoms with Crippen LogP contribution in [0.3, 0.4) is 0 Å². The van der Waals surface area contributed by atoms with E-state index in [-0.39, 0.29) is 17.8 Å². The SMILES string of the molecule is N#CCc1ccc(Nc2cc(C(F)(F)F)ncc2N)cc1. The fraction of sp³-hybridized carbons (Fsp3) is 0.143. The number of alkyl halides is 3. The third-order valence-corrected chi connectivity index (χ3v) is 2.74. The molecule has 0 radical (unpaired) electrons. The van der Waals surface area contributed by atoms with Gasteiger partial charge >= 0.3 is 6.18 Å². The summed E-state index contributed by atoms with van der Waals surface area (Å²) in [5.41, 5.74) is 6.25. The van der Waals surface area contributed by atoms with Crippen LogP contribution in [0.4, 0.5) is 30.2 Å². The maximum atomic E-state index is 12.6. The van der Waals surface area contributed by atoms with Crippen molar-refractivity contribution in [2.75, 3.05) is 11.1 Å². The number of aromatic nitrogens is 1. The van der Waals surface area contributed by atoms with Crippen LogP contribution in [-0.2, 0) is 12.6 Å². The highest BCUT2D eigenvalue weighted by Crippen LogP contribution is 2.32. The molecule has 0 fully saturated rings. The molecule has 0 saturated heterocycles. The number of nitriles is 1. The van der Waals surface area contributed by atoms with Gasteiger partial charge in [-0.15, -0.1) is 0 Å². The summed E-state index contributed by atoms with van der Waals surface area (Å²) in [6.45, 7) is 0. The molecule has 2 rings (SSSR count). The molecule has 0 bridgehead atoms. The molecule has 108 valence electrons. The Balaban J connectivity index is 2.25. The second-order valence-electron chi connectivity index (χ2n) is 4.31. The zero-order valence-electron chi connectivity index (χ0n) is 10.8. The minimum atomic E-state index is -4.53. The quantitative estimate of drug-likeness (QED) is 0.908. The molecule has 0 saturated carbocycles. The number of nitrogens with zero attached hydrogens (tertiary/aromatic N) is 2. The number of anilines is 3. The molecule has 1 aromatic carbocycles. The summed E-state index contributed by atoms with van der Waals surface area (Å²) < 4.78 is 37.8. The molecule has 3 N–H and O–H groups in total. The van der Waals surface area contributed by atoms with E-state index in [0.717, 1.165) is 17.8 Å². The smallest absolute Gasteiger partial charge is 0.396 e. The van der Waals surface area contributed by atoms with E-state index in [2.05, 4.69) is 10.3 Å². The Morgan fingerprint density at radius 1 is 1.24 bits per heavy atom. The molecule has 4 nitrogen and oxygen atoms in total. The van der Waals surface area contributed by atoms with Crippen LogP contribution in [0.15, 0.2) is 36.5 Å². The van der Waals surface area contributed by atoms with E-state index in [1.165, 1.54) is 0 Å². The number of halogens is 3. The lowest BCUT2D eigenvalue weighted by Crippen LogP contribution is -2.09.